The van der Waals surface area contributed by atoms with Crippen LogP contribution in [0, 0.1) is 5.82 Å². The largest absolute Gasteiger partial charge is 0.457 e. The van der Waals surface area contributed by atoms with Crippen LogP contribution in [0.1, 0.15) is 11.1 Å². The van der Waals surface area contributed by atoms with Gasteiger partial charge in [-0.15, -0.1) is 0 Å². The topological polar surface area (TPSA) is 80.1 Å². The molecule has 1 fully saturated rings. The zero-order valence-electron chi connectivity index (χ0n) is 19.0. The third-order valence-corrected chi connectivity index (χ3v) is 5.99. The summed E-state index contributed by atoms with van der Waals surface area (Å²) < 4.78 is 19.5. The predicted octanol–water partition coefficient (Wildman–Crippen LogP) is 5.02. The molecule has 35 heavy (non-hydrogen) atoms. The lowest BCUT2D eigenvalue weighted by atomic mass is 10.1. The van der Waals surface area contributed by atoms with Crippen molar-refractivity contribution in [3.8, 4) is 17.2 Å². The molecule has 3 N–H and O–H groups in total. The molecule has 182 valence electrons. The maximum atomic E-state index is 13.7. The summed E-state index contributed by atoms with van der Waals surface area (Å²) in [5, 5.41) is 2.88. The second-order valence-corrected chi connectivity index (χ2v) is 8.52. The van der Waals surface area contributed by atoms with E-state index in [2.05, 4.69) is 16.8 Å². The highest BCUT2D eigenvalue weighted by Crippen LogP contribution is 2.27. The van der Waals surface area contributed by atoms with Gasteiger partial charge in [-0.05, 0) is 42.0 Å². The van der Waals surface area contributed by atoms with E-state index in [0.717, 1.165) is 18.7 Å². The lowest BCUT2D eigenvalue weighted by Crippen LogP contribution is -2.51. The number of hydrogen-bond donors (Lipinski definition) is 2. The molecule has 1 aliphatic rings. The van der Waals surface area contributed by atoms with E-state index in [-0.39, 0.29) is 11.1 Å². The molecule has 0 bridgehead atoms. The summed E-state index contributed by atoms with van der Waals surface area (Å²) in [5.41, 5.74) is 2.11. The Kier molecular flexibility index (Phi) is 7.87. The van der Waals surface area contributed by atoms with Crippen LogP contribution in [0.4, 0.5) is 9.18 Å². The molecule has 0 saturated carbocycles. The first kappa shape index (κ1) is 24.5. The average molecular weight is 497 g/mol. The fourth-order valence-corrected chi connectivity index (χ4v) is 3.96. The Morgan fingerprint density at radius 1 is 1.03 bits per heavy atom. The zero-order valence-corrected chi connectivity index (χ0v) is 19.8. The van der Waals surface area contributed by atoms with Gasteiger partial charge in [0.2, 0.25) is 0 Å². The summed E-state index contributed by atoms with van der Waals surface area (Å²) in [4.78, 5) is 21.6. The maximum Gasteiger partial charge on any atom is 0.321 e. The molecule has 7 nitrogen and oxygen atoms in total. The number of amides is 2. The number of hydrogen-bond acceptors (Lipinski definition) is 5. The molecule has 0 atom stereocenters. The second-order valence-electron chi connectivity index (χ2n) is 8.11. The average Bonchev–Trinajstić information content (AvgIpc) is 2.87. The quantitative estimate of drug-likeness (QED) is 0.449. The van der Waals surface area contributed by atoms with Gasteiger partial charge in [-0.3, -0.25) is 4.90 Å². The smallest absolute Gasteiger partial charge is 0.321 e. The lowest BCUT2D eigenvalue weighted by molar-refractivity contribution is 0.137. The number of piperazine rings is 1. The molecule has 4 rings (SSSR count). The Balaban J connectivity index is 1.29. The number of para-hydroxylation sites is 1. The van der Waals surface area contributed by atoms with Gasteiger partial charge in [0.1, 0.15) is 17.3 Å². The summed E-state index contributed by atoms with van der Waals surface area (Å²) in [6.07, 6.45) is 0. The number of benzene rings is 3. The summed E-state index contributed by atoms with van der Waals surface area (Å²) in [5.74, 6) is 6.21. The van der Waals surface area contributed by atoms with Crippen LogP contribution in [-0.4, -0.2) is 42.0 Å². The van der Waals surface area contributed by atoms with Crippen LogP contribution in [0.15, 0.2) is 73.3 Å². The van der Waals surface area contributed by atoms with E-state index in [1.807, 2.05) is 30.3 Å². The fourth-order valence-electron chi connectivity index (χ4n) is 3.85. The Bertz CT molecular complexity index is 1210. The van der Waals surface area contributed by atoms with Gasteiger partial charge in [-0.2, -0.15) is 5.90 Å². The van der Waals surface area contributed by atoms with Crippen LogP contribution in [0.25, 0.3) is 5.70 Å². The SMILES string of the molecule is C=C(NC(=O)N1CCN(Cc2cccc(Oc3ccc(Cl)c(F)c3)c2)CC1)c1ccccc1ON. The molecule has 1 saturated heterocycles. The van der Waals surface area contributed by atoms with Crippen molar-refractivity contribution in [3.63, 3.8) is 0 Å². The number of ether oxygens (including phenoxy) is 1. The second kappa shape index (κ2) is 11.2. The Labute approximate surface area is 208 Å². The molecule has 3 aromatic rings. The van der Waals surface area contributed by atoms with Crippen molar-refractivity contribution in [1.82, 2.24) is 15.1 Å². The van der Waals surface area contributed by atoms with Gasteiger partial charge in [-0.25, -0.2) is 9.18 Å². The van der Waals surface area contributed by atoms with E-state index in [4.69, 9.17) is 27.1 Å². The van der Waals surface area contributed by atoms with Gasteiger partial charge in [0.25, 0.3) is 0 Å². The summed E-state index contributed by atoms with van der Waals surface area (Å²) in [6, 6.07) is 18.9. The van der Waals surface area contributed by atoms with Gasteiger partial charge < -0.3 is 19.8 Å². The molecule has 0 radical (unpaired) electrons. The molecule has 1 heterocycles. The van der Waals surface area contributed by atoms with E-state index in [1.165, 1.54) is 12.1 Å². The van der Waals surface area contributed by atoms with Crippen LogP contribution in [0.3, 0.4) is 0 Å². The highest BCUT2D eigenvalue weighted by atomic mass is 35.5. The molecule has 3 aromatic carbocycles. The van der Waals surface area contributed by atoms with Crippen molar-refractivity contribution in [3.05, 3.63) is 95.3 Å². The van der Waals surface area contributed by atoms with E-state index in [1.54, 1.807) is 29.2 Å². The van der Waals surface area contributed by atoms with Gasteiger partial charge >= 0.3 is 6.03 Å². The number of carbonyl (C=O) groups is 1. The number of nitrogens with two attached hydrogens (primary N) is 1. The standard InChI is InChI=1S/C26H26ClFN4O3/c1-18(22-7-2-3-8-25(22)35-29)30-26(33)32-13-11-31(12-14-32)17-19-5-4-6-20(15-19)34-21-9-10-23(27)24(28)16-21/h2-10,15-16H,1,11-14,17,29H2,(H,30,33). The number of nitrogens with zero attached hydrogens (tertiary/aromatic N) is 2. The molecule has 0 spiro atoms. The Hall–Kier alpha value is -3.59. The molecular formula is C26H26ClFN4O3. The van der Waals surface area contributed by atoms with Crippen molar-refractivity contribution in [2.24, 2.45) is 5.90 Å². The summed E-state index contributed by atoms with van der Waals surface area (Å²) >= 11 is 5.73. The normalized spacial score (nSPS) is 13.9. The van der Waals surface area contributed by atoms with Gasteiger partial charge in [0.05, 0.1) is 5.02 Å². The van der Waals surface area contributed by atoms with Crippen molar-refractivity contribution >= 4 is 23.3 Å². The van der Waals surface area contributed by atoms with E-state index >= 15 is 0 Å². The van der Waals surface area contributed by atoms with Crippen molar-refractivity contribution in [1.29, 1.82) is 0 Å². The number of halogens is 2. The predicted molar refractivity (Wildman–Crippen MR) is 134 cm³/mol. The Morgan fingerprint density at radius 2 is 1.77 bits per heavy atom. The van der Waals surface area contributed by atoms with Crippen molar-refractivity contribution in [2.75, 3.05) is 26.2 Å². The highest BCUT2D eigenvalue weighted by Gasteiger charge is 2.22. The zero-order chi connectivity index (χ0) is 24.8. The number of urea groups is 1. The van der Waals surface area contributed by atoms with Crippen LogP contribution >= 0.6 is 11.6 Å². The van der Waals surface area contributed by atoms with Gasteiger partial charge in [0.15, 0.2) is 5.75 Å². The first-order valence-electron chi connectivity index (χ1n) is 11.1. The van der Waals surface area contributed by atoms with E-state index in [0.29, 0.717) is 48.1 Å². The lowest BCUT2D eigenvalue weighted by Gasteiger charge is -2.35. The van der Waals surface area contributed by atoms with Crippen LogP contribution < -0.4 is 20.8 Å². The fraction of sp³-hybridized carbons (Fsp3) is 0.192. The van der Waals surface area contributed by atoms with Crippen LogP contribution in [-0.2, 0) is 6.54 Å². The highest BCUT2D eigenvalue weighted by molar-refractivity contribution is 6.30. The van der Waals surface area contributed by atoms with Crippen molar-refractivity contribution in [2.45, 2.75) is 6.54 Å². The number of rotatable bonds is 7. The first-order chi connectivity index (χ1) is 16.9. The van der Waals surface area contributed by atoms with Crippen molar-refractivity contribution < 1.29 is 18.8 Å². The van der Waals surface area contributed by atoms with Gasteiger partial charge in [-0.1, -0.05) is 42.4 Å². The third-order valence-electron chi connectivity index (χ3n) is 5.69. The monoisotopic (exact) mass is 496 g/mol. The number of carbonyl (C=O) groups excluding carboxylic acids is 1. The molecule has 9 heteroatoms. The molecule has 0 aromatic heterocycles. The molecule has 2 amide bonds. The molecule has 0 aliphatic carbocycles. The third kappa shape index (κ3) is 6.30. The number of nitrogens with one attached hydrogen (secondary N) is 1. The first-order valence-corrected chi connectivity index (χ1v) is 11.5. The minimum atomic E-state index is -0.525. The summed E-state index contributed by atoms with van der Waals surface area (Å²) in [7, 11) is 0. The minimum absolute atomic E-state index is 0.0534. The van der Waals surface area contributed by atoms with E-state index < -0.39 is 5.82 Å². The molecular weight excluding hydrogens is 471 g/mol. The maximum absolute atomic E-state index is 13.7. The van der Waals surface area contributed by atoms with Crippen LogP contribution in [0.5, 0.6) is 17.2 Å². The minimum Gasteiger partial charge on any atom is -0.457 e. The summed E-state index contributed by atoms with van der Waals surface area (Å²) in [6.45, 7) is 7.24. The van der Waals surface area contributed by atoms with Gasteiger partial charge in [0, 0.05) is 50.1 Å². The van der Waals surface area contributed by atoms with E-state index in [9.17, 15) is 9.18 Å². The molecule has 1 aliphatic heterocycles. The molecule has 0 unspecified atom stereocenters. The van der Waals surface area contributed by atoms with Crippen LogP contribution in [0.2, 0.25) is 5.02 Å². The Morgan fingerprint density at radius 3 is 2.51 bits per heavy atom.